The van der Waals surface area contributed by atoms with Crippen LogP contribution in [0.25, 0.3) is 0 Å². The molecule has 0 aliphatic carbocycles. The fourth-order valence-electron chi connectivity index (χ4n) is 2.66. The van der Waals surface area contributed by atoms with Crippen LogP contribution in [-0.2, 0) is 4.74 Å². The molecule has 1 aromatic rings. The zero-order valence-corrected chi connectivity index (χ0v) is 14.3. The molecule has 0 aromatic heterocycles. The molecule has 23 heavy (non-hydrogen) atoms. The summed E-state index contributed by atoms with van der Waals surface area (Å²) in [6.07, 6.45) is 0. The number of nitrogens with one attached hydrogen (secondary N) is 1. The van der Waals surface area contributed by atoms with Gasteiger partial charge in [0.1, 0.15) is 11.5 Å². The highest BCUT2D eigenvalue weighted by Gasteiger charge is 2.29. The molecule has 1 saturated heterocycles. The topological polar surface area (TPSA) is 60.0 Å². The van der Waals surface area contributed by atoms with Gasteiger partial charge in [-0.3, -0.25) is 9.69 Å². The second-order valence-electron chi connectivity index (χ2n) is 6.16. The SMILES string of the molecule is COc1ccc(C(=O)NCC(C)(C)N2CCOCC2)c(OC)c1. The molecule has 0 bridgehead atoms. The van der Waals surface area contributed by atoms with Crippen molar-refractivity contribution < 1.29 is 19.0 Å². The van der Waals surface area contributed by atoms with Gasteiger partial charge in [0.05, 0.1) is 33.0 Å². The van der Waals surface area contributed by atoms with Gasteiger partial charge in [0.15, 0.2) is 0 Å². The summed E-state index contributed by atoms with van der Waals surface area (Å²) in [7, 11) is 3.13. The molecule has 1 fully saturated rings. The van der Waals surface area contributed by atoms with E-state index in [4.69, 9.17) is 14.2 Å². The average Bonchev–Trinajstić information content (AvgIpc) is 2.59. The maximum Gasteiger partial charge on any atom is 0.255 e. The van der Waals surface area contributed by atoms with E-state index in [-0.39, 0.29) is 11.4 Å². The molecule has 0 atom stereocenters. The lowest BCUT2D eigenvalue weighted by Gasteiger charge is -2.40. The van der Waals surface area contributed by atoms with Gasteiger partial charge in [-0.1, -0.05) is 0 Å². The molecule has 6 nitrogen and oxygen atoms in total. The maximum atomic E-state index is 12.5. The first-order valence-corrected chi connectivity index (χ1v) is 7.81. The Morgan fingerprint density at radius 3 is 2.57 bits per heavy atom. The van der Waals surface area contributed by atoms with Gasteiger partial charge in [-0.2, -0.15) is 0 Å². The summed E-state index contributed by atoms with van der Waals surface area (Å²) in [5, 5.41) is 3.01. The summed E-state index contributed by atoms with van der Waals surface area (Å²) >= 11 is 0. The van der Waals surface area contributed by atoms with Crippen molar-refractivity contribution in [2.45, 2.75) is 19.4 Å². The van der Waals surface area contributed by atoms with Gasteiger partial charge >= 0.3 is 0 Å². The van der Waals surface area contributed by atoms with Crippen LogP contribution in [-0.4, -0.2) is 63.4 Å². The minimum absolute atomic E-state index is 0.126. The van der Waals surface area contributed by atoms with Crippen molar-refractivity contribution in [2.75, 3.05) is 47.1 Å². The standard InChI is InChI=1S/C17H26N2O4/c1-17(2,19-7-9-23-10-8-19)12-18-16(20)14-6-5-13(21-3)11-15(14)22-4/h5-6,11H,7-10,12H2,1-4H3,(H,18,20). The Labute approximate surface area is 137 Å². The van der Waals surface area contributed by atoms with E-state index in [2.05, 4.69) is 24.1 Å². The summed E-state index contributed by atoms with van der Waals surface area (Å²) in [6, 6.07) is 5.18. The molecule has 1 heterocycles. The van der Waals surface area contributed by atoms with Gasteiger partial charge in [0, 0.05) is 31.2 Å². The minimum atomic E-state index is -0.147. The first-order chi connectivity index (χ1) is 11.0. The summed E-state index contributed by atoms with van der Waals surface area (Å²) in [5.41, 5.74) is 0.380. The minimum Gasteiger partial charge on any atom is -0.497 e. The third-order valence-electron chi connectivity index (χ3n) is 4.20. The van der Waals surface area contributed by atoms with E-state index < -0.39 is 0 Å². The fraction of sp³-hybridized carbons (Fsp3) is 0.588. The fourth-order valence-corrected chi connectivity index (χ4v) is 2.66. The van der Waals surface area contributed by atoms with Crippen LogP contribution in [0.1, 0.15) is 24.2 Å². The van der Waals surface area contributed by atoms with E-state index in [1.807, 2.05) is 0 Å². The molecular formula is C17H26N2O4. The first-order valence-electron chi connectivity index (χ1n) is 7.81. The molecule has 6 heteroatoms. The lowest BCUT2D eigenvalue weighted by atomic mass is 10.0. The van der Waals surface area contributed by atoms with E-state index in [1.54, 1.807) is 32.4 Å². The van der Waals surface area contributed by atoms with Crippen LogP contribution in [0.15, 0.2) is 18.2 Å². The van der Waals surface area contributed by atoms with E-state index in [0.717, 1.165) is 26.3 Å². The second kappa shape index (κ2) is 7.66. The van der Waals surface area contributed by atoms with Gasteiger partial charge in [-0.25, -0.2) is 0 Å². The zero-order valence-electron chi connectivity index (χ0n) is 14.3. The second-order valence-corrected chi connectivity index (χ2v) is 6.16. The van der Waals surface area contributed by atoms with Crippen LogP contribution < -0.4 is 14.8 Å². The van der Waals surface area contributed by atoms with Gasteiger partial charge < -0.3 is 19.5 Å². The van der Waals surface area contributed by atoms with Crippen molar-refractivity contribution >= 4 is 5.91 Å². The van der Waals surface area contributed by atoms with Crippen LogP contribution >= 0.6 is 0 Å². The predicted octanol–water partition coefficient (Wildman–Crippen LogP) is 1.54. The summed E-state index contributed by atoms with van der Waals surface area (Å²) in [5.74, 6) is 1.02. The molecule has 1 amide bonds. The Bertz CT molecular complexity index is 539. The van der Waals surface area contributed by atoms with Crippen molar-refractivity contribution in [1.82, 2.24) is 10.2 Å². The highest BCUT2D eigenvalue weighted by molar-refractivity contribution is 5.97. The Morgan fingerprint density at radius 2 is 1.96 bits per heavy atom. The van der Waals surface area contributed by atoms with Gasteiger partial charge in [-0.05, 0) is 26.0 Å². The lowest BCUT2D eigenvalue weighted by Crippen LogP contribution is -2.55. The summed E-state index contributed by atoms with van der Waals surface area (Å²) in [6.45, 7) is 8.06. The van der Waals surface area contributed by atoms with Crippen molar-refractivity contribution in [3.8, 4) is 11.5 Å². The first kappa shape index (κ1) is 17.6. The van der Waals surface area contributed by atoms with Gasteiger partial charge in [0.25, 0.3) is 5.91 Å². The lowest BCUT2D eigenvalue weighted by molar-refractivity contribution is -0.00923. The Morgan fingerprint density at radius 1 is 1.26 bits per heavy atom. The number of amides is 1. The average molecular weight is 322 g/mol. The van der Waals surface area contributed by atoms with E-state index in [9.17, 15) is 4.79 Å². The van der Waals surface area contributed by atoms with Crippen LogP contribution in [0.4, 0.5) is 0 Å². The maximum absolute atomic E-state index is 12.5. The van der Waals surface area contributed by atoms with E-state index in [0.29, 0.717) is 23.6 Å². The number of hydrogen-bond donors (Lipinski definition) is 1. The van der Waals surface area contributed by atoms with E-state index >= 15 is 0 Å². The number of methoxy groups -OCH3 is 2. The monoisotopic (exact) mass is 322 g/mol. The molecule has 0 unspecified atom stereocenters. The molecule has 1 aliphatic rings. The Hall–Kier alpha value is -1.79. The van der Waals surface area contributed by atoms with Gasteiger partial charge in [0.2, 0.25) is 0 Å². The number of ether oxygens (including phenoxy) is 3. The molecule has 1 aromatic carbocycles. The normalized spacial score (nSPS) is 16.0. The molecule has 2 rings (SSSR count). The third-order valence-corrected chi connectivity index (χ3v) is 4.20. The van der Waals surface area contributed by atoms with Crippen LogP contribution in [0, 0.1) is 0 Å². The molecule has 1 aliphatic heterocycles. The van der Waals surface area contributed by atoms with Crippen LogP contribution in [0.2, 0.25) is 0 Å². The highest BCUT2D eigenvalue weighted by atomic mass is 16.5. The zero-order chi connectivity index (χ0) is 16.9. The van der Waals surface area contributed by atoms with E-state index in [1.165, 1.54) is 0 Å². The number of nitrogens with zero attached hydrogens (tertiary/aromatic N) is 1. The van der Waals surface area contributed by atoms with Crippen molar-refractivity contribution in [3.05, 3.63) is 23.8 Å². The van der Waals surface area contributed by atoms with Crippen LogP contribution in [0.3, 0.4) is 0 Å². The Balaban J connectivity index is 2.01. The molecule has 128 valence electrons. The largest absolute Gasteiger partial charge is 0.497 e. The number of rotatable bonds is 6. The van der Waals surface area contributed by atoms with Crippen molar-refractivity contribution in [2.24, 2.45) is 0 Å². The Kier molecular flexibility index (Phi) is 5.85. The molecule has 0 radical (unpaired) electrons. The van der Waals surface area contributed by atoms with Crippen LogP contribution in [0.5, 0.6) is 11.5 Å². The number of carbonyl (C=O) groups is 1. The van der Waals surface area contributed by atoms with Gasteiger partial charge in [-0.15, -0.1) is 0 Å². The number of hydrogen-bond acceptors (Lipinski definition) is 5. The molecular weight excluding hydrogens is 296 g/mol. The molecule has 0 saturated carbocycles. The molecule has 1 N–H and O–H groups in total. The summed E-state index contributed by atoms with van der Waals surface area (Å²) < 4.78 is 15.8. The molecule has 0 spiro atoms. The number of benzene rings is 1. The predicted molar refractivity (Wildman–Crippen MR) is 88.4 cm³/mol. The summed E-state index contributed by atoms with van der Waals surface area (Å²) in [4.78, 5) is 14.8. The smallest absolute Gasteiger partial charge is 0.255 e. The third kappa shape index (κ3) is 4.36. The highest BCUT2D eigenvalue weighted by Crippen LogP contribution is 2.24. The number of carbonyl (C=O) groups excluding carboxylic acids is 1. The quantitative estimate of drug-likeness (QED) is 0.861. The van der Waals surface area contributed by atoms with Crippen molar-refractivity contribution in [3.63, 3.8) is 0 Å². The number of morpholine rings is 1. The van der Waals surface area contributed by atoms with Crippen molar-refractivity contribution in [1.29, 1.82) is 0 Å².